The Labute approximate surface area is 186 Å². The summed E-state index contributed by atoms with van der Waals surface area (Å²) in [5, 5.41) is 8.89. The van der Waals surface area contributed by atoms with Gasteiger partial charge >= 0.3 is 0 Å². The Hall–Kier alpha value is -0.690. The van der Waals surface area contributed by atoms with Crippen molar-refractivity contribution in [2.24, 2.45) is 0 Å². The molecular formula is C24H51NO5. The van der Waals surface area contributed by atoms with E-state index in [4.69, 9.17) is 24.4 Å². The molecule has 0 atom stereocenters. The number of quaternary nitrogens is 1. The SMILES string of the molecule is CC(=O)[O-].CCCCCCCCCCCCCCCCCCOCCOOCC[NH3+]. The lowest BCUT2D eigenvalue weighted by atomic mass is 10.0. The zero-order chi connectivity index (χ0) is 22.5. The number of rotatable bonds is 23. The van der Waals surface area contributed by atoms with E-state index in [0.717, 1.165) is 26.5 Å². The number of carboxylic acid groups (broad SMARTS) is 1. The van der Waals surface area contributed by atoms with Crippen LogP contribution in [0.1, 0.15) is 117 Å². The summed E-state index contributed by atoms with van der Waals surface area (Å²) in [5.41, 5.74) is 3.67. The first-order valence-corrected chi connectivity index (χ1v) is 12.4. The van der Waals surface area contributed by atoms with Gasteiger partial charge in [0, 0.05) is 12.6 Å². The molecule has 0 saturated heterocycles. The van der Waals surface area contributed by atoms with Crippen molar-refractivity contribution in [2.75, 3.05) is 33.0 Å². The number of hydrogen-bond acceptors (Lipinski definition) is 5. The second-order valence-corrected chi connectivity index (χ2v) is 7.90. The van der Waals surface area contributed by atoms with E-state index in [1.54, 1.807) is 0 Å². The fourth-order valence-corrected chi connectivity index (χ4v) is 3.12. The number of carbonyl (C=O) groups excluding carboxylic acids is 1. The molecule has 0 fully saturated rings. The third kappa shape index (κ3) is 38.0. The molecule has 6 nitrogen and oxygen atoms in total. The molecule has 0 aromatic carbocycles. The summed E-state index contributed by atoms with van der Waals surface area (Å²) in [6.07, 6.45) is 22.4. The second kappa shape index (κ2) is 30.5. The normalized spacial score (nSPS) is 10.6. The van der Waals surface area contributed by atoms with Crippen molar-refractivity contribution in [3.8, 4) is 0 Å². The molecule has 0 radical (unpaired) electrons. The first-order chi connectivity index (χ1) is 14.6. The molecule has 0 amide bonds. The fourth-order valence-electron chi connectivity index (χ4n) is 3.12. The average Bonchev–Trinajstić information content (AvgIpc) is 2.71. The molecule has 6 heteroatoms. The average molecular weight is 434 g/mol. The summed E-state index contributed by atoms with van der Waals surface area (Å²) in [6.45, 7) is 6.53. The van der Waals surface area contributed by atoms with E-state index in [0.29, 0.717) is 19.8 Å². The fraction of sp³-hybridized carbons (Fsp3) is 0.958. The van der Waals surface area contributed by atoms with Gasteiger partial charge in [-0.05, 0) is 13.3 Å². The Balaban J connectivity index is 0. The van der Waals surface area contributed by atoms with Crippen LogP contribution in [0.25, 0.3) is 0 Å². The van der Waals surface area contributed by atoms with Crippen LogP contribution >= 0.6 is 0 Å². The standard InChI is InChI=1S/C22H47NO3.C2H4O2/c1-2-3-4-5-6-7-8-9-10-11-12-13-14-15-16-17-19-24-21-22-26-25-20-18-23;1-2(3)4/h2-23H2,1H3;1H3,(H,3,4). The maximum Gasteiger partial charge on any atom is 0.131 e. The third-order valence-electron chi connectivity index (χ3n) is 4.76. The van der Waals surface area contributed by atoms with Crippen molar-refractivity contribution < 1.29 is 30.1 Å². The molecule has 0 aliphatic heterocycles. The van der Waals surface area contributed by atoms with E-state index >= 15 is 0 Å². The van der Waals surface area contributed by atoms with Crippen LogP contribution in [0.2, 0.25) is 0 Å². The number of unbranched alkanes of at least 4 members (excludes halogenated alkanes) is 15. The van der Waals surface area contributed by atoms with E-state index in [9.17, 15) is 0 Å². The van der Waals surface area contributed by atoms with E-state index in [1.807, 2.05) is 0 Å². The highest BCUT2D eigenvalue weighted by atomic mass is 17.2. The quantitative estimate of drug-likeness (QED) is 0.148. The number of carboxylic acids is 1. The molecule has 0 spiro atoms. The molecule has 0 aliphatic carbocycles. The Kier molecular flexibility index (Phi) is 32.0. The molecule has 0 aromatic rings. The summed E-state index contributed by atoms with van der Waals surface area (Å²) in [4.78, 5) is 18.7. The van der Waals surface area contributed by atoms with Crippen LogP contribution < -0.4 is 10.8 Å². The number of carbonyl (C=O) groups is 1. The molecule has 0 unspecified atom stereocenters. The largest absolute Gasteiger partial charge is 0.550 e. The van der Waals surface area contributed by atoms with Crippen molar-refractivity contribution in [1.29, 1.82) is 0 Å². The van der Waals surface area contributed by atoms with Crippen LogP contribution in [0, 0.1) is 0 Å². The molecule has 3 N–H and O–H groups in total. The first-order valence-electron chi connectivity index (χ1n) is 12.4. The molecule has 0 aliphatic rings. The van der Waals surface area contributed by atoms with Gasteiger partial charge in [-0.25, -0.2) is 9.78 Å². The van der Waals surface area contributed by atoms with Gasteiger partial charge in [-0.15, -0.1) is 0 Å². The van der Waals surface area contributed by atoms with Crippen molar-refractivity contribution in [3.63, 3.8) is 0 Å². The summed E-state index contributed by atoms with van der Waals surface area (Å²) in [5.74, 6) is -1.08. The molecule has 0 saturated carbocycles. The van der Waals surface area contributed by atoms with Gasteiger partial charge in [0.05, 0.1) is 6.61 Å². The van der Waals surface area contributed by atoms with Crippen LogP contribution in [0.15, 0.2) is 0 Å². The topological polar surface area (TPSA) is 95.5 Å². The maximum atomic E-state index is 8.89. The van der Waals surface area contributed by atoms with Crippen molar-refractivity contribution in [1.82, 2.24) is 0 Å². The number of hydrogen-bond donors (Lipinski definition) is 1. The van der Waals surface area contributed by atoms with E-state index < -0.39 is 5.97 Å². The highest BCUT2D eigenvalue weighted by Gasteiger charge is 1.95. The van der Waals surface area contributed by atoms with Crippen molar-refractivity contribution in [3.05, 3.63) is 0 Å². The van der Waals surface area contributed by atoms with Gasteiger partial charge in [0.15, 0.2) is 0 Å². The zero-order valence-corrected chi connectivity index (χ0v) is 20.1. The molecule has 182 valence electrons. The molecule has 0 aromatic heterocycles. The van der Waals surface area contributed by atoms with Gasteiger partial charge in [-0.2, -0.15) is 0 Å². The Morgan fingerprint density at radius 3 is 1.40 bits per heavy atom. The summed E-state index contributed by atoms with van der Waals surface area (Å²) >= 11 is 0. The predicted octanol–water partition coefficient (Wildman–Crippen LogP) is 4.21. The minimum atomic E-state index is -1.08. The lowest BCUT2D eigenvalue weighted by Crippen LogP contribution is -2.52. The molecular weight excluding hydrogens is 382 g/mol. The molecule has 30 heavy (non-hydrogen) atoms. The van der Waals surface area contributed by atoms with Crippen LogP contribution in [0.4, 0.5) is 0 Å². The van der Waals surface area contributed by atoms with Gasteiger partial charge in [0.1, 0.15) is 19.8 Å². The molecule has 0 rings (SSSR count). The summed E-state index contributed by atoms with van der Waals surface area (Å²) < 4.78 is 5.51. The third-order valence-corrected chi connectivity index (χ3v) is 4.76. The number of aliphatic carboxylic acids is 1. The van der Waals surface area contributed by atoms with Crippen LogP contribution in [0.3, 0.4) is 0 Å². The highest BCUT2D eigenvalue weighted by molar-refractivity contribution is 5.60. The van der Waals surface area contributed by atoms with Gasteiger partial charge in [0.2, 0.25) is 0 Å². The zero-order valence-electron chi connectivity index (χ0n) is 20.1. The van der Waals surface area contributed by atoms with Gasteiger partial charge in [-0.3, -0.25) is 0 Å². The highest BCUT2D eigenvalue weighted by Crippen LogP contribution is 2.13. The lowest BCUT2D eigenvalue weighted by molar-refractivity contribution is -0.403. The summed E-state index contributed by atoms with van der Waals surface area (Å²) in [6, 6.07) is 0. The van der Waals surface area contributed by atoms with E-state index in [1.165, 1.54) is 96.3 Å². The maximum absolute atomic E-state index is 8.89. The van der Waals surface area contributed by atoms with Crippen LogP contribution in [-0.4, -0.2) is 38.9 Å². The van der Waals surface area contributed by atoms with Crippen LogP contribution in [0.5, 0.6) is 0 Å². The smallest absolute Gasteiger partial charge is 0.131 e. The van der Waals surface area contributed by atoms with E-state index in [2.05, 4.69) is 12.7 Å². The van der Waals surface area contributed by atoms with Crippen molar-refractivity contribution >= 4 is 5.97 Å². The van der Waals surface area contributed by atoms with Gasteiger partial charge in [0.25, 0.3) is 0 Å². The lowest BCUT2D eigenvalue weighted by Gasteiger charge is -2.05. The first kappa shape index (κ1) is 31.5. The Morgan fingerprint density at radius 2 is 1.00 bits per heavy atom. The van der Waals surface area contributed by atoms with Gasteiger partial charge < -0.3 is 20.4 Å². The van der Waals surface area contributed by atoms with Crippen LogP contribution in [-0.2, 0) is 19.3 Å². The minimum absolute atomic E-state index is 0.513. The monoisotopic (exact) mass is 433 g/mol. The van der Waals surface area contributed by atoms with Gasteiger partial charge in [-0.1, -0.05) is 103 Å². The number of ether oxygens (including phenoxy) is 1. The molecule has 0 heterocycles. The van der Waals surface area contributed by atoms with E-state index in [-0.39, 0.29) is 0 Å². The van der Waals surface area contributed by atoms with Crippen molar-refractivity contribution in [2.45, 2.75) is 117 Å². The Morgan fingerprint density at radius 1 is 0.633 bits per heavy atom. The second-order valence-electron chi connectivity index (χ2n) is 7.90. The molecule has 0 bridgehead atoms. The Bertz CT molecular complexity index is 288. The predicted molar refractivity (Wildman–Crippen MR) is 121 cm³/mol. The minimum Gasteiger partial charge on any atom is -0.550 e. The summed E-state index contributed by atoms with van der Waals surface area (Å²) in [7, 11) is 0.